The third kappa shape index (κ3) is 5.21. The fourth-order valence-corrected chi connectivity index (χ4v) is 7.18. The second kappa shape index (κ2) is 11.7. The number of nitrogens with zero attached hydrogens (tertiary/aromatic N) is 8. The van der Waals surface area contributed by atoms with E-state index in [9.17, 15) is 14.8 Å². The van der Waals surface area contributed by atoms with Crippen molar-refractivity contribution in [3.05, 3.63) is 23.0 Å². The van der Waals surface area contributed by atoms with Gasteiger partial charge in [0.15, 0.2) is 47.7 Å². The molecule has 3 unspecified atom stereocenters. The van der Waals surface area contributed by atoms with E-state index in [1.807, 2.05) is 6.92 Å². The number of fused-ring (bicyclic) bond motifs is 5. The first-order valence-corrected chi connectivity index (χ1v) is 15.4. The third-order valence-electron chi connectivity index (χ3n) is 8.55. The lowest BCUT2D eigenvalue weighted by Gasteiger charge is -2.35. The van der Waals surface area contributed by atoms with E-state index in [1.165, 1.54) is 11.0 Å². The molecule has 0 aromatic carbocycles. The minimum Gasteiger partial charge on any atom is -0.382 e. The van der Waals surface area contributed by atoms with E-state index in [1.54, 1.807) is 18.0 Å². The van der Waals surface area contributed by atoms with Crippen LogP contribution in [0.2, 0.25) is 0 Å². The van der Waals surface area contributed by atoms with Crippen LogP contribution < -0.4 is 17.0 Å². The molecule has 9 atom stereocenters. The number of hydrogen-bond acceptors (Lipinski definition) is 17. The molecule has 242 valence electrons. The van der Waals surface area contributed by atoms with Crippen LogP contribution >= 0.6 is 8.60 Å². The number of hydrogen-bond donors (Lipinski definition) is 5. The minimum absolute atomic E-state index is 0.0446. The number of nitrogen functional groups attached to an aromatic ring is 2. The van der Waals surface area contributed by atoms with Crippen molar-refractivity contribution in [3.63, 3.8) is 0 Å². The average molecular weight is 650 g/mol. The highest BCUT2D eigenvalue weighted by molar-refractivity contribution is 7.40. The number of aromatic amines is 1. The highest BCUT2D eigenvalue weighted by Gasteiger charge is 2.56. The Bertz CT molecular complexity index is 1750. The lowest BCUT2D eigenvalue weighted by atomic mass is 9.80. The van der Waals surface area contributed by atoms with E-state index >= 15 is 0 Å². The van der Waals surface area contributed by atoms with Gasteiger partial charge in [0.2, 0.25) is 5.95 Å². The number of aromatic nitrogens is 9. The number of imidazole rings is 1. The predicted octanol–water partition coefficient (Wildman–Crippen LogP) is -0.177. The molecular formula is C24H32N11O9P. The van der Waals surface area contributed by atoms with E-state index in [-0.39, 0.29) is 48.3 Å². The highest BCUT2D eigenvalue weighted by Crippen LogP contribution is 2.51. The normalized spacial score (nSPS) is 34.4. The molecule has 3 aliphatic heterocycles. The van der Waals surface area contributed by atoms with E-state index in [2.05, 4.69) is 35.2 Å². The molecule has 0 radical (unpaired) electrons. The summed E-state index contributed by atoms with van der Waals surface area (Å²) in [5.74, 6) is -0.253. The molecular weight excluding hydrogens is 617 g/mol. The van der Waals surface area contributed by atoms with Gasteiger partial charge in [0.1, 0.15) is 24.1 Å². The molecule has 0 amide bonds. The number of nitrogens with two attached hydrogens (primary N) is 2. The number of nitrogens with one attached hydrogen (secondary N) is 1. The molecule has 4 aromatic heterocycles. The van der Waals surface area contributed by atoms with Gasteiger partial charge < -0.3 is 49.5 Å². The number of methoxy groups -OCH3 is 1. The van der Waals surface area contributed by atoms with Crippen molar-refractivity contribution < 1.29 is 38.0 Å². The molecule has 7 rings (SSSR count). The fraction of sp³-hybridized carbons (Fsp3) is 0.625. The summed E-state index contributed by atoms with van der Waals surface area (Å²) in [6, 6.07) is 0. The molecule has 0 spiro atoms. The van der Waals surface area contributed by atoms with Crippen molar-refractivity contribution in [1.82, 2.24) is 44.5 Å². The van der Waals surface area contributed by atoms with Crippen LogP contribution in [0.5, 0.6) is 0 Å². The Labute approximate surface area is 254 Å². The predicted molar refractivity (Wildman–Crippen MR) is 152 cm³/mol. The van der Waals surface area contributed by atoms with E-state index in [0.717, 1.165) is 0 Å². The minimum atomic E-state index is -2.50. The summed E-state index contributed by atoms with van der Waals surface area (Å²) in [6.45, 7) is 1.86. The molecule has 7 heterocycles. The number of ether oxygens (including phenoxy) is 4. The van der Waals surface area contributed by atoms with Crippen LogP contribution in [0.25, 0.3) is 22.3 Å². The quantitative estimate of drug-likeness (QED) is 0.179. The van der Waals surface area contributed by atoms with Crippen molar-refractivity contribution >= 4 is 42.7 Å². The monoisotopic (exact) mass is 649 g/mol. The van der Waals surface area contributed by atoms with Crippen molar-refractivity contribution in [2.75, 3.05) is 25.2 Å². The van der Waals surface area contributed by atoms with Gasteiger partial charge >= 0.3 is 8.60 Å². The van der Waals surface area contributed by atoms with Gasteiger partial charge in [-0.25, -0.2) is 15.0 Å². The molecule has 7 N–H and O–H groups in total. The van der Waals surface area contributed by atoms with Crippen molar-refractivity contribution in [1.29, 1.82) is 0 Å². The molecule has 45 heavy (non-hydrogen) atoms. The van der Waals surface area contributed by atoms with Gasteiger partial charge in [-0.15, -0.1) is 5.10 Å². The highest BCUT2D eigenvalue weighted by atomic mass is 31.2. The van der Waals surface area contributed by atoms with E-state index < -0.39 is 57.0 Å². The average Bonchev–Trinajstić information content (AvgIpc) is 3.78. The molecule has 0 saturated carbocycles. The molecule has 4 aromatic rings. The zero-order valence-electron chi connectivity index (χ0n) is 24.2. The summed E-state index contributed by atoms with van der Waals surface area (Å²) in [7, 11) is -0.930. The number of aliphatic hydroxyl groups excluding tert-OH is 1. The summed E-state index contributed by atoms with van der Waals surface area (Å²) in [6.07, 6.45) is -1.37. The molecule has 0 aliphatic carbocycles. The second-order valence-corrected chi connectivity index (χ2v) is 11.9. The van der Waals surface area contributed by atoms with Crippen molar-refractivity contribution in [2.24, 2.45) is 5.92 Å². The third-order valence-corrected chi connectivity index (χ3v) is 9.35. The number of aliphatic hydroxyl groups is 1. The van der Waals surface area contributed by atoms with Gasteiger partial charge in [-0.1, -0.05) is 12.1 Å². The first-order valence-electron chi connectivity index (χ1n) is 14.2. The Morgan fingerprint density at radius 3 is 2.82 bits per heavy atom. The van der Waals surface area contributed by atoms with Crippen LogP contribution in [0.3, 0.4) is 0 Å². The Hall–Kier alpha value is -3.46. The Morgan fingerprint density at radius 1 is 1.18 bits per heavy atom. The zero-order valence-corrected chi connectivity index (χ0v) is 25.1. The van der Waals surface area contributed by atoms with Crippen LogP contribution in [0.15, 0.2) is 17.4 Å². The van der Waals surface area contributed by atoms with Gasteiger partial charge in [-0.3, -0.25) is 14.3 Å². The van der Waals surface area contributed by atoms with Gasteiger partial charge in [0.05, 0.1) is 18.5 Å². The van der Waals surface area contributed by atoms with E-state index in [4.69, 9.17) is 39.5 Å². The number of H-pyrrole nitrogens is 1. The zero-order chi connectivity index (χ0) is 31.5. The molecule has 20 nitrogen and oxygen atoms in total. The Morgan fingerprint density at radius 2 is 2.02 bits per heavy atom. The largest absolute Gasteiger partial charge is 0.382 e. The lowest BCUT2D eigenvalue weighted by molar-refractivity contribution is -0.234. The number of anilines is 2. The Balaban J connectivity index is 1.19. The van der Waals surface area contributed by atoms with Gasteiger partial charge in [-0.2, -0.15) is 9.67 Å². The molecule has 3 fully saturated rings. The fourth-order valence-electron chi connectivity index (χ4n) is 6.37. The van der Waals surface area contributed by atoms with Crippen molar-refractivity contribution in [3.8, 4) is 0 Å². The maximum absolute atomic E-state index is 12.3. The van der Waals surface area contributed by atoms with Gasteiger partial charge in [0, 0.05) is 19.4 Å². The molecule has 3 aliphatic rings. The summed E-state index contributed by atoms with van der Waals surface area (Å²) in [5.41, 5.74) is 11.1. The standard InChI is InChI=1S/C24H32N11O9P/c1-3-24-7-40-45(38)44-11-6-13(42-21(11)35-19-15(32-33-35)20(37)31-23(26)30-19)41-12(36)5-4-10(24)16(39-2)22(43-24)34-9-29-14-17(25)27-8-28-18(14)34/h8-13,16,21-22,36,38H,3-7H2,1-2H3,(H2,25,27,28)(H3,26,30,31,37)/t10-,11+,12?,13?,16+,21+,22+,24+,45?/m0/s1. The molecule has 3 saturated heterocycles. The van der Waals surface area contributed by atoms with Crippen LogP contribution in [0, 0.1) is 5.92 Å². The van der Waals surface area contributed by atoms with Gasteiger partial charge in [0.25, 0.3) is 5.56 Å². The molecule has 2 bridgehead atoms. The first-order chi connectivity index (χ1) is 21.7. The maximum atomic E-state index is 12.3. The van der Waals surface area contributed by atoms with Crippen LogP contribution in [-0.2, 0) is 28.0 Å². The van der Waals surface area contributed by atoms with Crippen LogP contribution in [0.1, 0.15) is 45.1 Å². The summed E-state index contributed by atoms with van der Waals surface area (Å²) < 4.78 is 39.5. The van der Waals surface area contributed by atoms with Crippen LogP contribution in [-0.4, -0.2) is 98.6 Å². The van der Waals surface area contributed by atoms with E-state index in [0.29, 0.717) is 24.0 Å². The SMILES string of the molecule is CC[C@@]12COP(O)O[C@@H]3CC(OC(O)CC[C@H]1[C@@H](OC)[C@H](n1cnc4c(N)ncnc41)O2)O[C@H]3n1nnc2c(=O)[nH]c(N)nc21. The first kappa shape index (κ1) is 30.2. The summed E-state index contributed by atoms with van der Waals surface area (Å²) in [5, 5.41) is 18.9. The second-order valence-electron chi connectivity index (χ2n) is 11.0. The smallest absolute Gasteiger partial charge is 0.330 e. The lowest BCUT2D eigenvalue weighted by Crippen LogP contribution is -2.43. The maximum Gasteiger partial charge on any atom is 0.330 e. The summed E-state index contributed by atoms with van der Waals surface area (Å²) >= 11 is 0. The number of rotatable bonds is 4. The topological polar surface area (TPSA) is 268 Å². The molecule has 21 heteroatoms. The van der Waals surface area contributed by atoms with Crippen molar-refractivity contribution in [2.45, 2.75) is 75.5 Å². The van der Waals surface area contributed by atoms with Gasteiger partial charge in [-0.05, 0) is 19.3 Å². The Kier molecular flexibility index (Phi) is 7.87. The van der Waals surface area contributed by atoms with Crippen LogP contribution in [0.4, 0.5) is 11.8 Å². The summed E-state index contributed by atoms with van der Waals surface area (Å²) in [4.78, 5) is 42.6.